The van der Waals surface area contributed by atoms with Gasteiger partial charge in [-0.15, -0.1) is 0 Å². The Kier molecular flexibility index (Phi) is 5.35. The van der Waals surface area contributed by atoms with Crippen molar-refractivity contribution in [3.8, 4) is 5.75 Å². The van der Waals surface area contributed by atoms with E-state index in [9.17, 15) is 19.7 Å². The Balaban J connectivity index is 1.69. The van der Waals surface area contributed by atoms with Crippen molar-refractivity contribution in [3.05, 3.63) is 64.2 Å². The average Bonchev–Trinajstić information content (AvgIpc) is 3.02. The van der Waals surface area contributed by atoms with Gasteiger partial charge in [-0.1, -0.05) is 12.1 Å². The van der Waals surface area contributed by atoms with Gasteiger partial charge < -0.3 is 15.0 Å². The van der Waals surface area contributed by atoms with Gasteiger partial charge in [0.25, 0.3) is 11.6 Å². The summed E-state index contributed by atoms with van der Waals surface area (Å²) in [6.45, 7) is 2.75. The predicted octanol–water partition coefficient (Wildman–Crippen LogP) is 2.53. The van der Waals surface area contributed by atoms with Gasteiger partial charge in [0.2, 0.25) is 5.91 Å². The van der Waals surface area contributed by atoms with E-state index in [2.05, 4.69) is 5.32 Å². The van der Waals surface area contributed by atoms with Crippen LogP contribution in [0.5, 0.6) is 5.75 Å². The molecule has 140 valence electrons. The summed E-state index contributed by atoms with van der Waals surface area (Å²) in [6, 6.07) is 12.5. The molecule has 1 aliphatic rings. The van der Waals surface area contributed by atoms with Crippen molar-refractivity contribution in [1.29, 1.82) is 0 Å². The third kappa shape index (κ3) is 4.05. The summed E-state index contributed by atoms with van der Waals surface area (Å²) in [5, 5.41) is 13.8. The smallest absolute Gasteiger partial charge is 0.282 e. The topological polar surface area (TPSA) is 102 Å². The van der Waals surface area contributed by atoms with Crippen LogP contribution in [-0.4, -0.2) is 35.9 Å². The molecule has 0 spiro atoms. The third-order valence-electron chi connectivity index (χ3n) is 4.27. The molecule has 1 fully saturated rings. The Morgan fingerprint density at radius 1 is 1.26 bits per heavy atom. The highest BCUT2D eigenvalue weighted by molar-refractivity contribution is 6.00. The lowest BCUT2D eigenvalue weighted by Gasteiger charge is -2.17. The molecule has 0 radical (unpaired) electrons. The molecule has 1 atom stereocenters. The van der Waals surface area contributed by atoms with E-state index in [1.807, 2.05) is 6.92 Å². The highest BCUT2D eigenvalue weighted by Crippen LogP contribution is 2.25. The van der Waals surface area contributed by atoms with Crippen LogP contribution in [0.1, 0.15) is 23.7 Å². The number of benzene rings is 2. The van der Waals surface area contributed by atoms with Crippen molar-refractivity contribution in [2.75, 3.05) is 18.1 Å². The fourth-order valence-electron chi connectivity index (χ4n) is 3.03. The van der Waals surface area contributed by atoms with Gasteiger partial charge in [0, 0.05) is 24.7 Å². The Morgan fingerprint density at radius 3 is 2.63 bits per heavy atom. The summed E-state index contributed by atoms with van der Waals surface area (Å²) in [6.07, 6.45) is 0.138. The van der Waals surface area contributed by atoms with E-state index in [0.717, 1.165) is 0 Å². The predicted molar refractivity (Wildman–Crippen MR) is 98.9 cm³/mol. The summed E-state index contributed by atoms with van der Waals surface area (Å²) in [7, 11) is 0. The highest BCUT2D eigenvalue weighted by atomic mass is 16.6. The zero-order valence-electron chi connectivity index (χ0n) is 14.8. The van der Waals surface area contributed by atoms with Gasteiger partial charge in [0.15, 0.2) is 0 Å². The molecule has 2 aromatic carbocycles. The molecule has 0 aliphatic carbocycles. The van der Waals surface area contributed by atoms with Gasteiger partial charge in [-0.25, -0.2) is 0 Å². The highest BCUT2D eigenvalue weighted by Gasteiger charge is 2.32. The lowest BCUT2D eigenvalue weighted by molar-refractivity contribution is -0.385. The first-order valence-corrected chi connectivity index (χ1v) is 8.57. The number of amides is 2. The molecule has 0 bridgehead atoms. The lowest BCUT2D eigenvalue weighted by atomic mass is 10.1. The van der Waals surface area contributed by atoms with Gasteiger partial charge in [0.1, 0.15) is 11.3 Å². The molecule has 0 aromatic heterocycles. The second-order valence-corrected chi connectivity index (χ2v) is 6.08. The van der Waals surface area contributed by atoms with Crippen LogP contribution in [0.2, 0.25) is 0 Å². The molecule has 27 heavy (non-hydrogen) atoms. The number of nitro groups is 1. The minimum atomic E-state index is -0.596. The van der Waals surface area contributed by atoms with Gasteiger partial charge in [-0.3, -0.25) is 19.7 Å². The zero-order valence-corrected chi connectivity index (χ0v) is 14.8. The molecular formula is C19H19N3O5. The van der Waals surface area contributed by atoms with E-state index in [-0.39, 0.29) is 23.6 Å². The molecule has 8 heteroatoms. The van der Waals surface area contributed by atoms with Crippen LogP contribution >= 0.6 is 0 Å². The maximum atomic E-state index is 12.4. The van der Waals surface area contributed by atoms with Gasteiger partial charge >= 0.3 is 0 Å². The standard InChI is InChI=1S/C19H19N3O5/c1-2-27-15-9-7-14(8-10-15)21-12-13(11-18(21)23)20-19(24)16-5-3-4-6-17(16)22(25)26/h3-10,13H,2,11-12H2,1H3,(H,20,24)/t13-/m0/s1. The number of ether oxygens (including phenoxy) is 1. The van der Waals surface area contributed by atoms with Crippen LogP contribution in [0, 0.1) is 10.1 Å². The van der Waals surface area contributed by atoms with Crippen LogP contribution in [0.3, 0.4) is 0 Å². The van der Waals surface area contributed by atoms with E-state index < -0.39 is 16.9 Å². The zero-order chi connectivity index (χ0) is 19.4. The van der Waals surface area contributed by atoms with Crippen molar-refractivity contribution in [1.82, 2.24) is 5.32 Å². The number of anilines is 1. The lowest BCUT2D eigenvalue weighted by Crippen LogP contribution is -2.37. The molecular weight excluding hydrogens is 350 g/mol. The van der Waals surface area contributed by atoms with E-state index in [4.69, 9.17) is 4.74 Å². The minimum absolute atomic E-state index is 0.0190. The largest absolute Gasteiger partial charge is 0.494 e. The number of hydrogen-bond donors (Lipinski definition) is 1. The number of nitrogens with zero attached hydrogens (tertiary/aromatic N) is 2. The maximum Gasteiger partial charge on any atom is 0.282 e. The Hall–Kier alpha value is -3.42. The first kappa shape index (κ1) is 18.4. The number of para-hydroxylation sites is 1. The van der Waals surface area contributed by atoms with Crippen molar-refractivity contribution in [2.24, 2.45) is 0 Å². The van der Waals surface area contributed by atoms with Gasteiger partial charge in [0.05, 0.1) is 17.6 Å². The third-order valence-corrected chi connectivity index (χ3v) is 4.27. The molecule has 3 rings (SSSR count). The van der Waals surface area contributed by atoms with Crippen molar-refractivity contribution < 1.29 is 19.2 Å². The van der Waals surface area contributed by atoms with Gasteiger partial charge in [-0.05, 0) is 37.3 Å². The molecule has 2 amide bonds. The van der Waals surface area contributed by atoms with Crippen molar-refractivity contribution in [3.63, 3.8) is 0 Å². The van der Waals surface area contributed by atoms with E-state index in [1.54, 1.807) is 35.2 Å². The summed E-state index contributed by atoms with van der Waals surface area (Å²) in [4.78, 5) is 36.8. The quantitative estimate of drug-likeness (QED) is 0.623. The van der Waals surface area contributed by atoms with Crippen LogP contribution in [-0.2, 0) is 4.79 Å². The molecule has 1 saturated heterocycles. The molecule has 2 aromatic rings. The number of nitro benzene ring substituents is 1. The fraction of sp³-hybridized carbons (Fsp3) is 0.263. The molecule has 1 aliphatic heterocycles. The first-order chi connectivity index (χ1) is 13.0. The monoisotopic (exact) mass is 369 g/mol. The van der Waals surface area contributed by atoms with Crippen molar-refractivity contribution in [2.45, 2.75) is 19.4 Å². The van der Waals surface area contributed by atoms with Gasteiger partial charge in [-0.2, -0.15) is 0 Å². The summed E-state index contributed by atoms with van der Waals surface area (Å²) < 4.78 is 5.39. The number of rotatable bonds is 6. The molecule has 0 saturated carbocycles. The van der Waals surface area contributed by atoms with Crippen LogP contribution < -0.4 is 15.0 Å². The second kappa shape index (κ2) is 7.86. The molecule has 1 N–H and O–H groups in total. The minimum Gasteiger partial charge on any atom is -0.494 e. The second-order valence-electron chi connectivity index (χ2n) is 6.08. The SMILES string of the molecule is CCOc1ccc(N2C[C@@H](NC(=O)c3ccccc3[N+](=O)[O-])CC2=O)cc1. The van der Waals surface area contributed by atoms with Crippen LogP contribution in [0.15, 0.2) is 48.5 Å². The Labute approximate surface area is 155 Å². The first-order valence-electron chi connectivity index (χ1n) is 8.57. The number of carbonyl (C=O) groups excluding carboxylic acids is 2. The van der Waals surface area contributed by atoms with Crippen LogP contribution in [0.25, 0.3) is 0 Å². The average molecular weight is 369 g/mol. The van der Waals surface area contributed by atoms with Crippen molar-refractivity contribution >= 4 is 23.2 Å². The molecule has 1 heterocycles. The fourth-order valence-corrected chi connectivity index (χ4v) is 3.03. The molecule has 0 unspecified atom stereocenters. The maximum absolute atomic E-state index is 12.4. The number of hydrogen-bond acceptors (Lipinski definition) is 5. The van der Waals surface area contributed by atoms with Crippen LogP contribution in [0.4, 0.5) is 11.4 Å². The Morgan fingerprint density at radius 2 is 1.96 bits per heavy atom. The van der Waals surface area contributed by atoms with E-state index in [1.165, 1.54) is 18.2 Å². The van der Waals surface area contributed by atoms with E-state index >= 15 is 0 Å². The summed E-state index contributed by atoms with van der Waals surface area (Å²) in [5.74, 6) is 0.0369. The summed E-state index contributed by atoms with van der Waals surface area (Å²) >= 11 is 0. The summed E-state index contributed by atoms with van der Waals surface area (Å²) in [5.41, 5.74) is 0.433. The number of nitrogens with one attached hydrogen (secondary N) is 1. The number of carbonyl (C=O) groups is 2. The Bertz CT molecular complexity index is 866. The van der Waals surface area contributed by atoms with E-state index in [0.29, 0.717) is 24.6 Å². The molecule has 8 nitrogen and oxygen atoms in total. The normalized spacial score (nSPS) is 16.3.